The van der Waals surface area contributed by atoms with Gasteiger partial charge in [0.2, 0.25) is 0 Å². The van der Waals surface area contributed by atoms with Crippen LogP contribution in [0.2, 0.25) is 0 Å². The van der Waals surface area contributed by atoms with E-state index in [0.29, 0.717) is 12.5 Å². The topological polar surface area (TPSA) is 36.3 Å². The highest BCUT2D eigenvalue weighted by atomic mass is 16.5. The van der Waals surface area contributed by atoms with Crippen LogP contribution in [0.25, 0.3) is 11.0 Å². The van der Waals surface area contributed by atoms with Crippen LogP contribution in [0.3, 0.4) is 0 Å². The first-order valence-corrected chi connectivity index (χ1v) is 10.5. The first kappa shape index (κ1) is 20.0. The molecular weight excluding hydrogens is 372 g/mol. The smallest absolute Gasteiger partial charge is 0.148 e. The Balaban J connectivity index is 1.60. The Hall–Kier alpha value is -3.27. The van der Waals surface area contributed by atoms with Gasteiger partial charge in [0.25, 0.3) is 0 Å². The minimum atomic E-state index is 0.396. The van der Waals surface area contributed by atoms with E-state index in [0.717, 1.165) is 41.3 Å². The molecule has 4 aromatic rings. The summed E-state index contributed by atoms with van der Waals surface area (Å²) in [6.45, 7) is 5.65. The van der Waals surface area contributed by atoms with Gasteiger partial charge in [-0.1, -0.05) is 56.3 Å². The highest BCUT2D eigenvalue weighted by Crippen LogP contribution is 2.23. The zero-order valence-electron chi connectivity index (χ0n) is 17.8. The average molecular weight is 401 g/mol. The summed E-state index contributed by atoms with van der Waals surface area (Å²) in [6, 6.07) is 24.8. The fourth-order valence-electron chi connectivity index (χ4n) is 3.62. The Morgan fingerprint density at radius 1 is 0.933 bits per heavy atom. The Labute approximate surface area is 178 Å². The number of fused-ring (bicyclic) bond motifs is 1. The quantitative estimate of drug-likeness (QED) is 0.354. The minimum Gasteiger partial charge on any atom is -0.497 e. The standard InChI is InChI=1S/C26H28N2O2/c1-4-19(2)21-14-12-20(13-15-21)17-28-25-11-6-5-10-24(25)27-26(28)18-30-23-9-7-8-22(16-23)29-3/h5-16,19H,4,17-18H2,1-3H3. The maximum Gasteiger partial charge on any atom is 0.148 e. The molecule has 0 amide bonds. The van der Waals surface area contributed by atoms with Gasteiger partial charge in [0.15, 0.2) is 0 Å². The first-order chi connectivity index (χ1) is 14.7. The SMILES string of the molecule is CCC(C)c1ccc(Cn2c(COc3cccc(OC)c3)nc3ccccc32)cc1. The number of aromatic nitrogens is 2. The van der Waals surface area contributed by atoms with E-state index in [-0.39, 0.29) is 0 Å². The van der Waals surface area contributed by atoms with E-state index in [2.05, 4.69) is 54.8 Å². The lowest BCUT2D eigenvalue weighted by atomic mass is 9.98. The molecule has 1 atom stereocenters. The lowest BCUT2D eigenvalue weighted by molar-refractivity contribution is 0.289. The molecule has 30 heavy (non-hydrogen) atoms. The molecule has 0 spiro atoms. The largest absolute Gasteiger partial charge is 0.497 e. The Kier molecular flexibility index (Phi) is 6.03. The van der Waals surface area contributed by atoms with Crippen molar-refractivity contribution in [2.75, 3.05) is 7.11 Å². The van der Waals surface area contributed by atoms with Crippen LogP contribution in [0.4, 0.5) is 0 Å². The van der Waals surface area contributed by atoms with Gasteiger partial charge in [-0.25, -0.2) is 4.98 Å². The van der Waals surface area contributed by atoms with Gasteiger partial charge in [0, 0.05) is 12.6 Å². The molecule has 0 aliphatic heterocycles. The molecule has 4 heteroatoms. The van der Waals surface area contributed by atoms with Crippen molar-refractivity contribution in [3.63, 3.8) is 0 Å². The van der Waals surface area contributed by atoms with E-state index >= 15 is 0 Å². The summed E-state index contributed by atoms with van der Waals surface area (Å²) >= 11 is 0. The molecule has 4 rings (SSSR count). The summed E-state index contributed by atoms with van der Waals surface area (Å²) < 4.78 is 13.6. The first-order valence-electron chi connectivity index (χ1n) is 10.5. The predicted octanol–water partition coefficient (Wildman–Crippen LogP) is 6.19. The number of hydrogen-bond donors (Lipinski definition) is 0. The van der Waals surface area contributed by atoms with Crippen LogP contribution in [0.15, 0.2) is 72.8 Å². The number of methoxy groups -OCH3 is 1. The number of imidazole rings is 1. The zero-order valence-corrected chi connectivity index (χ0v) is 17.8. The van der Waals surface area contributed by atoms with Gasteiger partial charge in [-0.05, 0) is 47.7 Å². The highest BCUT2D eigenvalue weighted by molar-refractivity contribution is 5.76. The van der Waals surface area contributed by atoms with Gasteiger partial charge in [0.1, 0.15) is 23.9 Å². The molecule has 0 N–H and O–H groups in total. The molecular formula is C26H28N2O2. The number of rotatable bonds is 8. The van der Waals surface area contributed by atoms with E-state index < -0.39 is 0 Å². The fraction of sp³-hybridized carbons (Fsp3) is 0.269. The maximum atomic E-state index is 6.04. The molecule has 0 aliphatic carbocycles. The van der Waals surface area contributed by atoms with E-state index in [1.54, 1.807) is 7.11 Å². The van der Waals surface area contributed by atoms with Crippen molar-refractivity contribution < 1.29 is 9.47 Å². The van der Waals surface area contributed by atoms with E-state index in [4.69, 9.17) is 14.5 Å². The van der Waals surface area contributed by atoms with E-state index in [9.17, 15) is 0 Å². The summed E-state index contributed by atoms with van der Waals surface area (Å²) in [4.78, 5) is 4.83. The molecule has 4 nitrogen and oxygen atoms in total. The van der Waals surface area contributed by atoms with Crippen molar-refractivity contribution in [2.45, 2.75) is 39.3 Å². The zero-order chi connectivity index (χ0) is 20.9. The van der Waals surface area contributed by atoms with Crippen LogP contribution < -0.4 is 9.47 Å². The monoisotopic (exact) mass is 400 g/mol. The molecule has 0 bridgehead atoms. The second kappa shape index (κ2) is 9.04. The lowest BCUT2D eigenvalue weighted by Gasteiger charge is -2.13. The Morgan fingerprint density at radius 3 is 2.47 bits per heavy atom. The fourth-order valence-corrected chi connectivity index (χ4v) is 3.62. The molecule has 1 unspecified atom stereocenters. The predicted molar refractivity (Wildman–Crippen MR) is 121 cm³/mol. The van der Waals surface area contributed by atoms with Crippen molar-refractivity contribution in [1.29, 1.82) is 0 Å². The van der Waals surface area contributed by atoms with E-state index in [1.165, 1.54) is 11.1 Å². The number of benzene rings is 3. The van der Waals surface area contributed by atoms with Gasteiger partial charge >= 0.3 is 0 Å². The second-order valence-corrected chi connectivity index (χ2v) is 7.62. The number of ether oxygens (including phenoxy) is 2. The molecule has 154 valence electrons. The average Bonchev–Trinajstić information content (AvgIpc) is 3.15. The Morgan fingerprint density at radius 2 is 1.70 bits per heavy atom. The van der Waals surface area contributed by atoms with Crippen LogP contribution in [0.5, 0.6) is 11.5 Å². The molecule has 0 saturated carbocycles. The normalized spacial score (nSPS) is 12.1. The van der Waals surface area contributed by atoms with Gasteiger partial charge in [-0.2, -0.15) is 0 Å². The summed E-state index contributed by atoms with van der Waals surface area (Å²) in [5.74, 6) is 3.04. The van der Waals surface area contributed by atoms with Crippen LogP contribution in [-0.2, 0) is 13.2 Å². The van der Waals surface area contributed by atoms with Gasteiger partial charge in [-0.15, -0.1) is 0 Å². The van der Waals surface area contributed by atoms with Crippen LogP contribution in [0, 0.1) is 0 Å². The molecule has 3 aromatic carbocycles. The molecule has 1 aromatic heterocycles. The van der Waals surface area contributed by atoms with Gasteiger partial charge < -0.3 is 14.0 Å². The van der Waals surface area contributed by atoms with Crippen molar-refractivity contribution in [3.05, 3.63) is 89.7 Å². The van der Waals surface area contributed by atoms with Crippen LogP contribution >= 0.6 is 0 Å². The molecule has 0 aliphatic rings. The lowest BCUT2D eigenvalue weighted by Crippen LogP contribution is -2.08. The molecule has 0 fully saturated rings. The van der Waals surface area contributed by atoms with Crippen molar-refractivity contribution in [2.24, 2.45) is 0 Å². The second-order valence-electron chi connectivity index (χ2n) is 7.62. The minimum absolute atomic E-state index is 0.396. The van der Waals surface area contributed by atoms with Crippen molar-refractivity contribution in [3.8, 4) is 11.5 Å². The summed E-state index contributed by atoms with van der Waals surface area (Å²) in [5, 5.41) is 0. The van der Waals surface area contributed by atoms with Crippen LogP contribution in [-0.4, -0.2) is 16.7 Å². The van der Waals surface area contributed by atoms with Gasteiger partial charge in [0.05, 0.1) is 18.1 Å². The summed E-state index contributed by atoms with van der Waals surface area (Å²) in [7, 11) is 1.66. The van der Waals surface area contributed by atoms with Crippen molar-refractivity contribution >= 4 is 11.0 Å². The number of hydrogen-bond acceptors (Lipinski definition) is 3. The third-order valence-electron chi connectivity index (χ3n) is 5.64. The van der Waals surface area contributed by atoms with Crippen LogP contribution in [0.1, 0.15) is 43.1 Å². The third-order valence-corrected chi connectivity index (χ3v) is 5.64. The van der Waals surface area contributed by atoms with E-state index in [1.807, 2.05) is 36.4 Å². The molecule has 0 saturated heterocycles. The molecule has 1 heterocycles. The third kappa shape index (κ3) is 4.33. The number of nitrogens with zero attached hydrogens (tertiary/aromatic N) is 2. The molecule has 0 radical (unpaired) electrons. The summed E-state index contributed by atoms with van der Waals surface area (Å²) in [5.41, 5.74) is 4.75. The van der Waals surface area contributed by atoms with Crippen molar-refractivity contribution in [1.82, 2.24) is 9.55 Å². The number of para-hydroxylation sites is 2. The summed E-state index contributed by atoms with van der Waals surface area (Å²) in [6.07, 6.45) is 1.15. The maximum absolute atomic E-state index is 6.04. The Bertz CT molecular complexity index is 1120. The van der Waals surface area contributed by atoms with Gasteiger partial charge in [-0.3, -0.25) is 0 Å². The highest BCUT2D eigenvalue weighted by Gasteiger charge is 2.12.